The van der Waals surface area contributed by atoms with E-state index in [0.717, 1.165) is 42.6 Å². The number of fused-ring (bicyclic) bond motifs is 2. The Morgan fingerprint density at radius 2 is 1.71 bits per heavy atom. The molecular formula is C26H24N6O2. The lowest BCUT2D eigenvalue weighted by Gasteiger charge is -2.42. The van der Waals surface area contributed by atoms with Crippen LogP contribution in [-0.2, 0) is 10.5 Å². The molecule has 0 radical (unpaired) electrons. The van der Waals surface area contributed by atoms with Crippen molar-refractivity contribution in [2.75, 3.05) is 10.2 Å². The number of aliphatic carboxylic acids is 1. The molecule has 8 nitrogen and oxygen atoms in total. The number of rotatable bonds is 4. The van der Waals surface area contributed by atoms with Gasteiger partial charge in [0.15, 0.2) is 11.5 Å². The highest BCUT2D eigenvalue weighted by Gasteiger charge is 2.55. The Balaban J connectivity index is 1.48. The van der Waals surface area contributed by atoms with Gasteiger partial charge in [-0.3, -0.25) is 0 Å². The molecule has 1 unspecified atom stereocenters. The Hall–Kier alpha value is -4.07. The van der Waals surface area contributed by atoms with Gasteiger partial charge in [0.05, 0.1) is 23.8 Å². The lowest BCUT2D eigenvalue weighted by Crippen LogP contribution is -2.58. The molecule has 1 aliphatic heterocycles. The van der Waals surface area contributed by atoms with E-state index >= 15 is 0 Å². The molecule has 170 valence electrons. The first-order valence-electron chi connectivity index (χ1n) is 11.6. The minimum Gasteiger partial charge on any atom is -0.478 e. The summed E-state index contributed by atoms with van der Waals surface area (Å²) in [6.07, 6.45) is 8.37. The van der Waals surface area contributed by atoms with Crippen LogP contribution in [0.15, 0.2) is 67.0 Å². The number of carboxylic acids is 1. The molecule has 4 aromatic rings. The number of para-hydroxylation sites is 2. The van der Waals surface area contributed by atoms with E-state index in [4.69, 9.17) is 4.98 Å². The van der Waals surface area contributed by atoms with E-state index in [1.807, 2.05) is 59.5 Å². The molecule has 1 atom stereocenters. The van der Waals surface area contributed by atoms with Crippen molar-refractivity contribution in [3.8, 4) is 11.4 Å². The summed E-state index contributed by atoms with van der Waals surface area (Å²) in [6, 6.07) is 17.5. The standard InChI is InChI=1S/C26H24N6O2/c33-25(34)26(31-19-13-7-8-14-21(19)32(26)18-11-5-2-6-12-18)22-16-28-24-20(29-22)15-27-23(30-24)17-9-3-1-4-10-17/h1,3-4,7-10,13-16,18,31H,2,5-6,11-12H2,(H,33,34). The number of hydrogen-bond donors (Lipinski definition) is 2. The lowest BCUT2D eigenvalue weighted by atomic mass is 9.91. The van der Waals surface area contributed by atoms with Gasteiger partial charge in [-0.2, -0.15) is 0 Å². The molecule has 0 spiro atoms. The fourth-order valence-electron chi connectivity index (χ4n) is 5.21. The first-order valence-corrected chi connectivity index (χ1v) is 11.6. The third kappa shape index (κ3) is 3.17. The third-order valence-corrected chi connectivity index (χ3v) is 6.79. The van der Waals surface area contributed by atoms with Gasteiger partial charge in [-0.05, 0) is 25.0 Å². The summed E-state index contributed by atoms with van der Waals surface area (Å²) in [5.74, 6) is -0.455. The van der Waals surface area contributed by atoms with Gasteiger partial charge in [0, 0.05) is 11.6 Å². The second-order valence-corrected chi connectivity index (χ2v) is 8.84. The van der Waals surface area contributed by atoms with E-state index < -0.39 is 11.6 Å². The summed E-state index contributed by atoms with van der Waals surface area (Å²) in [5, 5.41) is 13.9. The number of nitrogens with zero attached hydrogens (tertiary/aromatic N) is 5. The molecule has 8 heteroatoms. The molecule has 0 amide bonds. The van der Waals surface area contributed by atoms with E-state index in [0.29, 0.717) is 22.7 Å². The van der Waals surface area contributed by atoms with Crippen molar-refractivity contribution in [1.29, 1.82) is 0 Å². The van der Waals surface area contributed by atoms with Gasteiger partial charge < -0.3 is 15.3 Å². The largest absolute Gasteiger partial charge is 0.478 e. The molecule has 1 aliphatic carbocycles. The summed E-state index contributed by atoms with van der Waals surface area (Å²) in [5.41, 5.74) is 2.21. The number of hydrogen-bond acceptors (Lipinski definition) is 7. The number of anilines is 2. The molecule has 34 heavy (non-hydrogen) atoms. The second kappa shape index (κ2) is 8.06. The van der Waals surface area contributed by atoms with Crippen LogP contribution in [0, 0.1) is 0 Å². The fourth-order valence-corrected chi connectivity index (χ4v) is 5.21. The van der Waals surface area contributed by atoms with Crippen LogP contribution in [-0.4, -0.2) is 37.1 Å². The molecule has 2 aromatic heterocycles. The van der Waals surface area contributed by atoms with Gasteiger partial charge in [0.25, 0.3) is 5.66 Å². The minimum atomic E-state index is -1.55. The maximum absolute atomic E-state index is 13.0. The summed E-state index contributed by atoms with van der Waals surface area (Å²) in [6.45, 7) is 0. The van der Waals surface area contributed by atoms with Gasteiger partial charge in [-0.1, -0.05) is 61.7 Å². The Bertz CT molecular complexity index is 1370. The maximum Gasteiger partial charge on any atom is 0.357 e. The average Bonchev–Trinajstić information content (AvgIpc) is 3.26. The third-order valence-electron chi connectivity index (χ3n) is 6.79. The predicted molar refractivity (Wildman–Crippen MR) is 129 cm³/mol. The van der Waals surface area contributed by atoms with Crippen molar-refractivity contribution in [3.05, 3.63) is 72.7 Å². The highest BCUT2D eigenvalue weighted by Crippen LogP contribution is 2.48. The van der Waals surface area contributed by atoms with E-state index in [9.17, 15) is 9.90 Å². The van der Waals surface area contributed by atoms with Crippen LogP contribution >= 0.6 is 0 Å². The molecule has 1 saturated carbocycles. The zero-order chi connectivity index (χ0) is 23.1. The number of carbonyl (C=O) groups is 1. The summed E-state index contributed by atoms with van der Waals surface area (Å²) in [7, 11) is 0. The molecule has 2 aromatic carbocycles. The molecular weight excluding hydrogens is 428 g/mol. The summed E-state index contributed by atoms with van der Waals surface area (Å²) >= 11 is 0. The van der Waals surface area contributed by atoms with Crippen LogP contribution < -0.4 is 10.2 Å². The zero-order valence-corrected chi connectivity index (χ0v) is 18.6. The smallest absolute Gasteiger partial charge is 0.357 e. The van der Waals surface area contributed by atoms with Crippen molar-refractivity contribution >= 4 is 28.5 Å². The fraction of sp³-hybridized carbons (Fsp3) is 0.269. The Kier molecular flexibility index (Phi) is 4.86. The van der Waals surface area contributed by atoms with Gasteiger partial charge in [0.2, 0.25) is 0 Å². The minimum absolute atomic E-state index is 0.0928. The van der Waals surface area contributed by atoms with Gasteiger partial charge >= 0.3 is 5.97 Å². The second-order valence-electron chi connectivity index (χ2n) is 8.84. The van der Waals surface area contributed by atoms with E-state index in [1.165, 1.54) is 12.6 Å². The monoisotopic (exact) mass is 452 g/mol. The summed E-state index contributed by atoms with van der Waals surface area (Å²) < 4.78 is 0. The van der Waals surface area contributed by atoms with Crippen LogP contribution in [0.2, 0.25) is 0 Å². The van der Waals surface area contributed by atoms with Crippen LogP contribution in [0.4, 0.5) is 11.4 Å². The Morgan fingerprint density at radius 3 is 2.50 bits per heavy atom. The number of carboxylic acid groups (broad SMARTS) is 1. The SMILES string of the molecule is O=C(O)C1(c2cnc3nc(-c4ccccc4)ncc3n2)Nc2ccccc2N1C1CCCCC1. The number of aromatic nitrogens is 4. The van der Waals surface area contributed by atoms with Gasteiger partial charge in [-0.15, -0.1) is 0 Å². The van der Waals surface area contributed by atoms with Crippen LogP contribution in [0.3, 0.4) is 0 Å². The Morgan fingerprint density at radius 1 is 0.941 bits per heavy atom. The number of benzene rings is 2. The van der Waals surface area contributed by atoms with E-state index in [1.54, 1.807) is 6.20 Å². The normalized spacial score (nSPS) is 20.2. The van der Waals surface area contributed by atoms with Gasteiger partial charge in [0.1, 0.15) is 11.2 Å². The van der Waals surface area contributed by atoms with Crippen molar-refractivity contribution in [1.82, 2.24) is 19.9 Å². The highest BCUT2D eigenvalue weighted by atomic mass is 16.4. The van der Waals surface area contributed by atoms with Crippen molar-refractivity contribution in [2.24, 2.45) is 0 Å². The first-order chi connectivity index (χ1) is 16.7. The van der Waals surface area contributed by atoms with Gasteiger partial charge in [-0.25, -0.2) is 24.7 Å². The topological polar surface area (TPSA) is 104 Å². The summed E-state index contributed by atoms with van der Waals surface area (Å²) in [4.78, 5) is 33.3. The van der Waals surface area contributed by atoms with E-state index in [2.05, 4.69) is 20.3 Å². The molecule has 2 aliphatic rings. The maximum atomic E-state index is 13.0. The van der Waals surface area contributed by atoms with E-state index in [-0.39, 0.29) is 6.04 Å². The lowest BCUT2D eigenvalue weighted by molar-refractivity contribution is -0.143. The number of nitrogens with one attached hydrogen (secondary N) is 1. The van der Waals surface area contributed by atoms with Crippen LogP contribution in [0.1, 0.15) is 37.8 Å². The molecule has 0 bridgehead atoms. The highest BCUT2D eigenvalue weighted by molar-refractivity contribution is 5.95. The molecule has 1 fully saturated rings. The quantitative estimate of drug-likeness (QED) is 0.463. The molecule has 0 saturated heterocycles. The molecule has 2 N–H and O–H groups in total. The van der Waals surface area contributed by atoms with Crippen molar-refractivity contribution < 1.29 is 9.90 Å². The Labute approximate surface area is 196 Å². The molecule has 3 heterocycles. The average molecular weight is 453 g/mol. The van der Waals surface area contributed by atoms with Crippen LogP contribution in [0.25, 0.3) is 22.6 Å². The van der Waals surface area contributed by atoms with Crippen molar-refractivity contribution in [2.45, 2.75) is 43.8 Å². The van der Waals surface area contributed by atoms with Crippen molar-refractivity contribution in [3.63, 3.8) is 0 Å². The first kappa shape index (κ1) is 20.5. The van der Waals surface area contributed by atoms with Crippen LogP contribution in [0.5, 0.6) is 0 Å². The predicted octanol–water partition coefficient (Wildman–Crippen LogP) is 4.59. The molecule has 6 rings (SSSR count). The zero-order valence-electron chi connectivity index (χ0n) is 18.6.